The summed E-state index contributed by atoms with van der Waals surface area (Å²) in [4.78, 5) is 24.0. The van der Waals surface area contributed by atoms with Crippen molar-refractivity contribution in [1.29, 1.82) is 0 Å². The fraction of sp³-hybridized carbons (Fsp3) is 0.105. The Hall–Kier alpha value is -3.24. The summed E-state index contributed by atoms with van der Waals surface area (Å²) in [6.45, 7) is 1.83. The number of amides is 2. The number of ether oxygens (including phenoxy) is 1. The summed E-state index contributed by atoms with van der Waals surface area (Å²) in [6, 6.07) is 10.5. The minimum atomic E-state index is -4.12. The molecule has 1 heterocycles. The molecule has 1 saturated heterocycles. The number of hydrogen-bond donors (Lipinski definition) is 2. The second-order valence-electron chi connectivity index (χ2n) is 6.06. The highest BCUT2D eigenvalue weighted by atomic mass is 32.2. The van der Waals surface area contributed by atoms with Gasteiger partial charge in [-0.1, -0.05) is 23.8 Å². The summed E-state index contributed by atoms with van der Waals surface area (Å²) < 4.78 is 35.6. The van der Waals surface area contributed by atoms with Crippen LogP contribution in [0.4, 0.5) is 0 Å². The molecule has 0 spiro atoms. The van der Waals surface area contributed by atoms with Crippen LogP contribution in [-0.2, 0) is 19.7 Å². The maximum Gasteiger partial charge on any atom is 0.339 e. The molecule has 29 heavy (non-hydrogen) atoms. The van der Waals surface area contributed by atoms with Gasteiger partial charge in [0, 0.05) is 0 Å². The van der Waals surface area contributed by atoms with Crippen molar-refractivity contribution in [2.75, 3.05) is 7.11 Å². The Kier molecular flexibility index (Phi) is 5.66. The van der Waals surface area contributed by atoms with Crippen LogP contribution in [0.15, 0.2) is 52.9 Å². The maximum absolute atomic E-state index is 12.6. The first-order valence-corrected chi connectivity index (χ1v) is 10.1. The molecule has 10 heteroatoms. The minimum Gasteiger partial charge on any atom is -0.493 e. The van der Waals surface area contributed by atoms with E-state index in [0.29, 0.717) is 5.56 Å². The monoisotopic (exact) mass is 432 g/mol. The van der Waals surface area contributed by atoms with Crippen molar-refractivity contribution < 1.29 is 26.9 Å². The van der Waals surface area contributed by atoms with Crippen molar-refractivity contribution in [3.05, 3.63) is 59.2 Å². The van der Waals surface area contributed by atoms with Crippen LogP contribution in [0.3, 0.4) is 0 Å². The van der Waals surface area contributed by atoms with Gasteiger partial charge in [-0.25, -0.2) is 0 Å². The van der Waals surface area contributed by atoms with E-state index in [1.165, 1.54) is 37.5 Å². The number of carbonyl (C=O) groups excluding carboxylic acids is 2. The molecule has 8 nitrogen and oxygen atoms in total. The van der Waals surface area contributed by atoms with Gasteiger partial charge < -0.3 is 8.92 Å². The number of aryl methyl sites for hydroxylation is 1. The van der Waals surface area contributed by atoms with Crippen molar-refractivity contribution >= 4 is 45.3 Å². The molecule has 1 aliphatic rings. The van der Waals surface area contributed by atoms with Gasteiger partial charge in [0.2, 0.25) is 0 Å². The summed E-state index contributed by atoms with van der Waals surface area (Å²) in [5.74, 6) is -1.25. The topological polar surface area (TPSA) is 111 Å². The second kappa shape index (κ2) is 8.02. The summed E-state index contributed by atoms with van der Waals surface area (Å²) in [5.41, 5.74) is 1.07. The van der Waals surface area contributed by atoms with E-state index >= 15 is 0 Å². The van der Waals surface area contributed by atoms with Crippen LogP contribution in [0.1, 0.15) is 11.1 Å². The number of methoxy groups -OCH3 is 1. The Labute approximate surface area is 172 Å². The number of thiocarbonyl (C=S) groups is 1. The predicted molar refractivity (Wildman–Crippen MR) is 109 cm³/mol. The average Bonchev–Trinajstić information content (AvgIpc) is 2.65. The lowest BCUT2D eigenvalue weighted by atomic mass is 10.1. The van der Waals surface area contributed by atoms with Crippen molar-refractivity contribution in [3.63, 3.8) is 0 Å². The lowest BCUT2D eigenvalue weighted by Crippen LogP contribution is -2.51. The molecule has 0 aromatic heterocycles. The van der Waals surface area contributed by atoms with E-state index in [1.807, 2.05) is 6.92 Å². The smallest absolute Gasteiger partial charge is 0.339 e. The first-order chi connectivity index (χ1) is 13.7. The van der Waals surface area contributed by atoms with Crippen LogP contribution in [0.25, 0.3) is 6.08 Å². The van der Waals surface area contributed by atoms with Gasteiger partial charge in [0.1, 0.15) is 10.5 Å². The molecule has 0 unspecified atom stereocenters. The minimum absolute atomic E-state index is 0.0199. The van der Waals surface area contributed by atoms with Crippen LogP contribution in [0, 0.1) is 6.92 Å². The molecule has 0 radical (unpaired) electrons. The summed E-state index contributed by atoms with van der Waals surface area (Å²) in [7, 11) is -2.75. The number of nitrogens with one attached hydrogen (secondary N) is 2. The third-order valence-electron chi connectivity index (χ3n) is 3.95. The number of benzene rings is 2. The quantitative estimate of drug-likeness (QED) is 0.320. The highest BCUT2D eigenvalue weighted by molar-refractivity contribution is 7.87. The van der Waals surface area contributed by atoms with E-state index in [4.69, 9.17) is 21.1 Å². The van der Waals surface area contributed by atoms with Crippen molar-refractivity contribution in [2.45, 2.75) is 11.8 Å². The van der Waals surface area contributed by atoms with Crippen LogP contribution in [0.2, 0.25) is 0 Å². The Morgan fingerprint density at radius 1 is 0.966 bits per heavy atom. The first-order valence-electron chi connectivity index (χ1n) is 8.27. The molecular formula is C19H16N2O6S2. The molecule has 3 rings (SSSR count). The van der Waals surface area contributed by atoms with Gasteiger partial charge in [-0.3, -0.25) is 20.2 Å². The van der Waals surface area contributed by atoms with Crippen molar-refractivity contribution in [2.24, 2.45) is 0 Å². The highest BCUT2D eigenvalue weighted by Gasteiger charge is 2.26. The van der Waals surface area contributed by atoms with Crippen molar-refractivity contribution in [3.8, 4) is 11.5 Å². The highest BCUT2D eigenvalue weighted by Crippen LogP contribution is 2.31. The van der Waals surface area contributed by atoms with Crippen LogP contribution in [-0.4, -0.2) is 32.5 Å². The summed E-state index contributed by atoms with van der Waals surface area (Å²) in [6.07, 6.45) is 1.29. The zero-order chi connectivity index (χ0) is 21.2. The van der Waals surface area contributed by atoms with Gasteiger partial charge in [0.05, 0.1) is 7.11 Å². The van der Waals surface area contributed by atoms with Crippen molar-refractivity contribution in [1.82, 2.24) is 10.6 Å². The molecule has 0 atom stereocenters. The Bertz CT molecular complexity index is 1120. The fourth-order valence-electron chi connectivity index (χ4n) is 2.49. The van der Waals surface area contributed by atoms with Gasteiger partial charge in [0.15, 0.2) is 16.6 Å². The van der Waals surface area contributed by atoms with Gasteiger partial charge >= 0.3 is 10.1 Å². The predicted octanol–water partition coefficient (Wildman–Crippen LogP) is 1.69. The van der Waals surface area contributed by atoms with E-state index in [2.05, 4.69) is 10.6 Å². The second-order valence-corrected chi connectivity index (χ2v) is 8.01. The number of hydrogen-bond acceptors (Lipinski definition) is 7. The zero-order valence-corrected chi connectivity index (χ0v) is 17.0. The molecule has 2 N–H and O–H groups in total. The van der Waals surface area contributed by atoms with Crippen LogP contribution >= 0.6 is 12.2 Å². The van der Waals surface area contributed by atoms with E-state index < -0.39 is 21.9 Å². The molecule has 150 valence electrons. The molecule has 1 aliphatic heterocycles. The zero-order valence-electron chi connectivity index (χ0n) is 15.4. The standard InChI is InChI=1S/C19H16N2O6S2/c1-11-3-6-13(7-4-11)29(24,25)27-16-10-12(5-8-15(16)26-2)9-14-17(22)20-19(28)21-18(14)23/h3-10H,1-2H3,(H2,20,21,22,23,28). The lowest BCUT2D eigenvalue weighted by molar-refractivity contribution is -0.123. The van der Waals surface area contributed by atoms with Gasteiger partial charge in [-0.05, 0) is 55.0 Å². The van der Waals surface area contributed by atoms with E-state index in [-0.39, 0.29) is 27.1 Å². The fourth-order valence-corrected chi connectivity index (χ4v) is 3.61. The molecule has 2 aromatic carbocycles. The molecular weight excluding hydrogens is 416 g/mol. The molecule has 0 bridgehead atoms. The summed E-state index contributed by atoms with van der Waals surface area (Å²) >= 11 is 4.75. The SMILES string of the molecule is COc1ccc(C=C2C(=O)NC(=S)NC2=O)cc1OS(=O)(=O)c1ccc(C)cc1. The molecule has 0 aliphatic carbocycles. The molecule has 0 saturated carbocycles. The van der Waals surface area contributed by atoms with E-state index in [0.717, 1.165) is 5.56 Å². The Morgan fingerprint density at radius 3 is 2.17 bits per heavy atom. The molecule has 2 amide bonds. The van der Waals surface area contributed by atoms with Gasteiger partial charge in [0.25, 0.3) is 11.8 Å². The molecule has 2 aromatic rings. The van der Waals surface area contributed by atoms with Gasteiger partial charge in [-0.2, -0.15) is 8.42 Å². The van der Waals surface area contributed by atoms with E-state index in [1.54, 1.807) is 18.2 Å². The molecule has 1 fully saturated rings. The Morgan fingerprint density at radius 2 is 1.59 bits per heavy atom. The average molecular weight is 432 g/mol. The summed E-state index contributed by atoms with van der Waals surface area (Å²) in [5, 5.41) is 4.56. The van der Waals surface area contributed by atoms with E-state index in [9.17, 15) is 18.0 Å². The maximum atomic E-state index is 12.6. The van der Waals surface area contributed by atoms with Crippen LogP contribution < -0.4 is 19.6 Å². The Balaban J connectivity index is 1.96. The normalized spacial score (nSPS) is 14.1. The van der Waals surface area contributed by atoms with Gasteiger partial charge in [-0.15, -0.1) is 0 Å². The third kappa shape index (κ3) is 4.61. The lowest BCUT2D eigenvalue weighted by Gasteiger charge is -2.16. The van der Waals surface area contributed by atoms with Crippen LogP contribution in [0.5, 0.6) is 11.5 Å². The first kappa shape index (κ1) is 20.5. The third-order valence-corrected chi connectivity index (χ3v) is 5.40. The number of carbonyl (C=O) groups is 2. The largest absolute Gasteiger partial charge is 0.493 e. The number of rotatable bonds is 5.